The second-order valence-electron chi connectivity index (χ2n) is 5.46. The lowest BCUT2D eigenvalue weighted by Gasteiger charge is -2.23. The average Bonchev–Trinajstić information content (AvgIpc) is 2.48. The lowest BCUT2D eigenvalue weighted by molar-refractivity contribution is -0.122. The predicted octanol–water partition coefficient (Wildman–Crippen LogP) is 2.56. The maximum atomic E-state index is 12.3. The Morgan fingerprint density at radius 3 is 2.70 bits per heavy atom. The summed E-state index contributed by atoms with van der Waals surface area (Å²) in [5.74, 6) is 0.0987. The highest BCUT2D eigenvalue weighted by atomic mass is 16.1. The second kappa shape index (κ2) is 7.25. The van der Waals surface area contributed by atoms with Gasteiger partial charge in [-0.15, -0.1) is 0 Å². The van der Waals surface area contributed by atoms with Crippen LogP contribution in [0.15, 0.2) is 42.0 Å². The average molecular weight is 272 g/mol. The van der Waals surface area contributed by atoms with Crippen molar-refractivity contribution in [3.63, 3.8) is 0 Å². The molecule has 108 valence electrons. The zero-order chi connectivity index (χ0) is 14.4. The molecular weight excluding hydrogens is 248 g/mol. The van der Waals surface area contributed by atoms with E-state index in [1.807, 2.05) is 30.3 Å². The summed E-state index contributed by atoms with van der Waals surface area (Å²) >= 11 is 0. The first kappa shape index (κ1) is 14.8. The topological polar surface area (TPSA) is 32.3 Å². The van der Waals surface area contributed by atoms with Gasteiger partial charge in [0, 0.05) is 19.6 Å². The molecule has 1 aromatic rings. The van der Waals surface area contributed by atoms with Crippen LogP contribution in [0, 0.1) is 0 Å². The molecule has 20 heavy (non-hydrogen) atoms. The zero-order valence-electron chi connectivity index (χ0n) is 12.4. The number of nitrogens with zero attached hydrogens (tertiary/aromatic N) is 1. The van der Waals surface area contributed by atoms with Gasteiger partial charge in [0.1, 0.15) is 0 Å². The van der Waals surface area contributed by atoms with Crippen molar-refractivity contribution < 1.29 is 4.79 Å². The molecule has 1 atom stereocenters. The van der Waals surface area contributed by atoms with Gasteiger partial charge in [-0.1, -0.05) is 48.9 Å². The predicted molar refractivity (Wildman–Crippen MR) is 82.7 cm³/mol. The van der Waals surface area contributed by atoms with E-state index in [-0.39, 0.29) is 11.8 Å². The van der Waals surface area contributed by atoms with Gasteiger partial charge in [0.15, 0.2) is 0 Å². The summed E-state index contributed by atoms with van der Waals surface area (Å²) in [5.41, 5.74) is 2.45. The van der Waals surface area contributed by atoms with E-state index < -0.39 is 0 Å². The molecule has 1 aromatic carbocycles. The first-order valence-electron chi connectivity index (χ1n) is 7.39. The van der Waals surface area contributed by atoms with E-state index in [0.717, 1.165) is 31.5 Å². The van der Waals surface area contributed by atoms with Crippen molar-refractivity contribution in [3.8, 4) is 0 Å². The van der Waals surface area contributed by atoms with Crippen molar-refractivity contribution in [2.75, 3.05) is 26.7 Å². The molecule has 0 saturated heterocycles. The van der Waals surface area contributed by atoms with Gasteiger partial charge in [0.25, 0.3) is 0 Å². The van der Waals surface area contributed by atoms with E-state index in [1.165, 1.54) is 5.57 Å². The second-order valence-corrected chi connectivity index (χ2v) is 5.46. The number of nitrogens with one attached hydrogen (secondary N) is 1. The van der Waals surface area contributed by atoms with E-state index in [0.29, 0.717) is 6.54 Å². The SMILES string of the molecule is CC[C@@H](C(=O)NCC1=CCN(C)CC1)c1ccccc1. The lowest BCUT2D eigenvalue weighted by atomic mass is 9.95. The van der Waals surface area contributed by atoms with E-state index in [4.69, 9.17) is 0 Å². The highest BCUT2D eigenvalue weighted by molar-refractivity contribution is 5.83. The van der Waals surface area contributed by atoms with Crippen molar-refractivity contribution in [3.05, 3.63) is 47.5 Å². The summed E-state index contributed by atoms with van der Waals surface area (Å²) in [6, 6.07) is 10.0. The summed E-state index contributed by atoms with van der Waals surface area (Å²) in [6.45, 7) is 4.82. The van der Waals surface area contributed by atoms with E-state index in [9.17, 15) is 4.79 Å². The van der Waals surface area contributed by atoms with Crippen LogP contribution in [0.3, 0.4) is 0 Å². The molecule has 1 amide bonds. The van der Waals surface area contributed by atoms with Gasteiger partial charge in [-0.3, -0.25) is 4.79 Å². The minimum absolute atomic E-state index is 0.0388. The minimum Gasteiger partial charge on any atom is -0.352 e. The fourth-order valence-corrected chi connectivity index (χ4v) is 2.55. The first-order valence-corrected chi connectivity index (χ1v) is 7.39. The van der Waals surface area contributed by atoms with Crippen molar-refractivity contribution in [2.24, 2.45) is 0 Å². The summed E-state index contributed by atoms with van der Waals surface area (Å²) in [6.07, 6.45) is 4.11. The molecule has 1 N–H and O–H groups in total. The van der Waals surface area contributed by atoms with E-state index in [2.05, 4.69) is 30.3 Å². The molecule has 0 aliphatic carbocycles. The van der Waals surface area contributed by atoms with Crippen LogP contribution in [0.25, 0.3) is 0 Å². The van der Waals surface area contributed by atoms with Crippen LogP contribution in [0.4, 0.5) is 0 Å². The number of carbonyl (C=O) groups is 1. The van der Waals surface area contributed by atoms with Crippen LogP contribution in [0.5, 0.6) is 0 Å². The summed E-state index contributed by atoms with van der Waals surface area (Å²) in [5, 5.41) is 3.09. The molecule has 0 radical (unpaired) electrons. The summed E-state index contributed by atoms with van der Waals surface area (Å²) in [7, 11) is 2.12. The van der Waals surface area contributed by atoms with Gasteiger partial charge in [-0.25, -0.2) is 0 Å². The Bertz CT molecular complexity index is 467. The van der Waals surface area contributed by atoms with Gasteiger partial charge in [-0.05, 0) is 25.5 Å². The number of hydrogen-bond acceptors (Lipinski definition) is 2. The number of rotatable bonds is 5. The Kier molecular flexibility index (Phi) is 5.36. The smallest absolute Gasteiger partial charge is 0.227 e. The quantitative estimate of drug-likeness (QED) is 0.836. The Hall–Kier alpha value is -1.61. The number of amides is 1. The molecule has 3 nitrogen and oxygen atoms in total. The van der Waals surface area contributed by atoms with Crippen LogP contribution in [0.1, 0.15) is 31.2 Å². The van der Waals surface area contributed by atoms with Gasteiger partial charge < -0.3 is 10.2 Å². The van der Waals surface area contributed by atoms with E-state index in [1.54, 1.807) is 0 Å². The standard InChI is InChI=1S/C17H24N2O/c1-3-16(15-7-5-4-6-8-15)17(20)18-13-14-9-11-19(2)12-10-14/h4-9,16H,3,10-13H2,1-2H3,(H,18,20)/t16-/m1/s1. The third-order valence-corrected chi connectivity index (χ3v) is 3.92. The first-order chi connectivity index (χ1) is 9.70. The summed E-state index contributed by atoms with van der Waals surface area (Å²) in [4.78, 5) is 14.6. The zero-order valence-corrected chi connectivity index (χ0v) is 12.4. The van der Waals surface area contributed by atoms with Crippen LogP contribution < -0.4 is 5.32 Å². The summed E-state index contributed by atoms with van der Waals surface area (Å²) < 4.78 is 0. The molecule has 0 fully saturated rings. The Morgan fingerprint density at radius 1 is 1.35 bits per heavy atom. The molecule has 3 heteroatoms. The normalized spacial score (nSPS) is 17.4. The fraction of sp³-hybridized carbons (Fsp3) is 0.471. The molecule has 0 aromatic heterocycles. The molecule has 0 unspecified atom stereocenters. The highest BCUT2D eigenvalue weighted by Gasteiger charge is 2.18. The molecular formula is C17H24N2O. The van der Waals surface area contributed by atoms with Crippen molar-refractivity contribution in [1.29, 1.82) is 0 Å². The lowest BCUT2D eigenvalue weighted by Crippen LogP contribution is -2.33. The third kappa shape index (κ3) is 3.94. The largest absolute Gasteiger partial charge is 0.352 e. The Morgan fingerprint density at radius 2 is 2.10 bits per heavy atom. The van der Waals surface area contributed by atoms with Crippen LogP contribution in [-0.4, -0.2) is 37.5 Å². The molecule has 0 spiro atoms. The monoisotopic (exact) mass is 272 g/mol. The molecule has 1 heterocycles. The molecule has 1 aliphatic rings. The fourth-order valence-electron chi connectivity index (χ4n) is 2.55. The molecule has 1 aliphatic heterocycles. The number of hydrogen-bond donors (Lipinski definition) is 1. The van der Waals surface area contributed by atoms with Crippen molar-refractivity contribution in [1.82, 2.24) is 10.2 Å². The minimum atomic E-state index is -0.0388. The number of carbonyl (C=O) groups excluding carboxylic acids is 1. The van der Waals surface area contributed by atoms with Crippen LogP contribution >= 0.6 is 0 Å². The van der Waals surface area contributed by atoms with Gasteiger partial charge in [0.2, 0.25) is 5.91 Å². The number of likely N-dealkylation sites (N-methyl/N-ethyl adjacent to an activating group) is 1. The Balaban J connectivity index is 1.90. The van der Waals surface area contributed by atoms with Crippen LogP contribution in [-0.2, 0) is 4.79 Å². The number of benzene rings is 1. The van der Waals surface area contributed by atoms with Gasteiger partial charge in [-0.2, -0.15) is 0 Å². The maximum absolute atomic E-state index is 12.3. The van der Waals surface area contributed by atoms with Gasteiger partial charge in [0.05, 0.1) is 5.92 Å². The molecule has 2 rings (SSSR count). The van der Waals surface area contributed by atoms with Gasteiger partial charge >= 0.3 is 0 Å². The van der Waals surface area contributed by atoms with Crippen molar-refractivity contribution >= 4 is 5.91 Å². The molecule has 0 saturated carbocycles. The maximum Gasteiger partial charge on any atom is 0.227 e. The third-order valence-electron chi connectivity index (χ3n) is 3.92. The highest BCUT2D eigenvalue weighted by Crippen LogP contribution is 2.19. The molecule has 0 bridgehead atoms. The Labute approximate surface area is 121 Å². The van der Waals surface area contributed by atoms with E-state index >= 15 is 0 Å². The van der Waals surface area contributed by atoms with Crippen molar-refractivity contribution in [2.45, 2.75) is 25.7 Å². The van der Waals surface area contributed by atoms with Crippen LogP contribution in [0.2, 0.25) is 0 Å².